The summed E-state index contributed by atoms with van der Waals surface area (Å²) in [5, 5.41) is 13.7. The number of furan rings is 1. The van der Waals surface area contributed by atoms with Gasteiger partial charge in [-0.3, -0.25) is 5.10 Å². The summed E-state index contributed by atoms with van der Waals surface area (Å²) in [4.78, 5) is 9.10. The minimum atomic E-state index is 0.531. The van der Waals surface area contributed by atoms with E-state index in [1.165, 1.54) is 0 Å². The van der Waals surface area contributed by atoms with Crippen LogP contribution in [-0.2, 0) is 13.0 Å². The van der Waals surface area contributed by atoms with Gasteiger partial charge in [-0.2, -0.15) is 5.10 Å². The van der Waals surface area contributed by atoms with Crippen LogP contribution in [0.1, 0.15) is 23.9 Å². The van der Waals surface area contributed by atoms with Crippen molar-refractivity contribution in [1.82, 2.24) is 25.8 Å². The normalized spacial score (nSPS) is 11.5. The summed E-state index contributed by atoms with van der Waals surface area (Å²) in [6, 6.07) is 9.78. The van der Waals surface area contributed by atoms with E-state index < -0.39 is 0 Å². The summed E-state index contributed by atoms with van der Waals surface area (Å²) in [5.41, 5.74) is 2.21. The Morgan fingerprint density at radius 1 is 1.29 bits per heavy atom. The monoisotopic (exact) mass is 382 g/mol. The van der Waals surface area contributed by atoms with E-state index in [4.69, 9.17) is 9.15 Å². The Labute approximate surface area is 164 Å². The second-order valence-electron chi connectivity index (χ2n) is 6.27. The van der Waals surface area contributed by atoms with Crippen LogP contribution in [0.2, 0.25) is 0 Å². The minimum absolute atomic E-state index is 0.531. The fourth-order valence-electron chi connectivity index (χ4n) is 2.71. The highest BCUT2D eigenvalue weighted by Gasteiger charge is 2.08. The zero-order valence-corrected chi connectivity index (χ0v) is 16.5. The molecule has 0 spiro atoms. The van der Waals surface area contributed by atoms with E-state index in [1.807, 2.05) is 38.1 Å². The van der Waals surface area contributed by atoms with Gasteiger partial charge in [-0.15, -0.1) is 0 Å². The molecule has 3 rings (SSSR count). The molecule has 0 bridgehead atoms. The fourth-order valence-corrected chi connectivity index (χ4v) is 2.71. The lowest BCUT2D eigenvalue weighted by Crippen LogP contribution is -2.38. The van der Waals surface area contributed by atoms with Crippen molar-refractivity contribution < 1.29 is 9.15 Å². The van der Waals surface area contributed by atoms with Crippen molar-refractivity contribution in [1.29, 1.82) is 0 Å². The molecule has 0 saturated carbocycles. The lowest BCUT2D eigenvalue weighted by Gasteiger charge is -2.12. The Hall–Kier alpha value is -3.29. The minimum Gasteiger partial charge on any atom is -0.496 e. The largest absolute Gasteiger partial charge is 0.496 e. The molecule has 3 N–H and O–H groups in total. The van der Waals surface area contributed by atoms with E-state index in [0.29, 0.717) is 31.1 Å². The first-order valence-electron chi connectivity index (χ1n) is 9.30. The summed E-state index contributed by atoms with van der Waals surface area (Å²) in [7, 11) is 1.68. The molecule has 0 aliphatic rings. The molecule has 8 nitrogen and oxygen atoms in total. The third-order valence-corrected chi connectivity index (χ3v) is 4.12. The first kappa shape index (κ1) is 19.5. The van der Waals surface area contributed by atoms with Gasteiger partial charge < -0.3 is 19.8 Å². The number of hydrogen-bond donors (Lipinski definition) is 3. The lowest BCUT2D eigenvalue weighted by atomic mass is 10.1. The highest BCUT2D eigenvalue weighted by Crippen LogP contribution is 2.20. The predicted octanol–water partition coefficient (Wildman–Crippen LogP) is 2.68. The lowest BCUT2D eigenvalue weighted by molar-refractivity contribution is 0.409. The van der Waals surface area contributed by atoms with Crippen LogP contribution in [-0.4, -0.2) is 41.3 Å². The van der Waals surface area contributed by atoms with E-state index in [2.05, 4.69) is 36.9 Å². The van der Waals surface area contributed by atoms with Crippen LogP contribution in [0.4, 0.5) is 0 Å². The maximum Gasteiger partial charge on any atom is 0.216 e. The SMILES string of the molecule is CCNC(=NCc1ccc(C)cc1OC)NCCc1nc(-c2ccco2)n[nH]1. The van der Waals surface area contributed by atoms with Crippen molar-refractivity contribution >= 4 is 5.96 Å². The van der Waals surface area contributed by atoms with Gasteiger partial charge in [-0.1, -0.05) is 12.1 Å². The number of hydrogen-bond acceptors (Lipinski definition) is 5. The first-order chi connectivity index (χ1) is 13.7. The summed E-state index contributed by atoms with van der Waals surface area (Å²) < 4.78 is 10.8. The van der Waals surface area contributed by atoms with E-state index in [9.17, 15) is 0 Å². The average Bonchev–Trinajstić information content (AvgIpc) is 3.38. The van der Waals surface area contributed by atoms with Crippen LogP contribution in [0.15, 0.2) is 46.0 Å². The number of aromatic amines is 1. The third-order valence-electron chi connectivity index (χ3n) is 4.12. The Balaban J connectivity index is 1.56. The van der Waals surface area contributed by atoms with E-state index in [-0.39, 0.29) is 0 Å². The molecule has 28 heavy (non-hydrogen) atoms. The zero-order valence-electron chi connectivity index (χ0n) is 16.5. The average molecular weight is 382 g/mol. The van der Waals surface area contributed by atoms with Gasteiger partial charge in [0.05, 0.1) is 19.9 Å². The molecule has 0 radical (unpaired) electrons. The van der Waals surface area contributed by atoms with Crippen molar-refractivity contribution in [2.24, 2.45) is 4.99 Å². The molecule has 2 aromatic heterocycles. The number of aliphatic imine (C=N–C) groups is 1. The molecule has 3 aromatic rings. The summed E-state index contributed by atoms with van der Waals surface area (Å²) in [6.07, 6.45) is 2.29. The van der Waals surface area contributed by atoms with Crippen LogP contribution >= 0.6 is 0 Å². The van der Waals surface area contributed by atoms with Crippen molar-refractivity contribution in [2.75, 3.05) is 20.2 Å². The van der Waals surface area contributed by atoms with Crippen LogP contribution in [0, 0.1) is 6.92 Å². The molecule has 8 heteroatoms. The van der Waals surface area contributed by atoms with Gasteiger partial charge in [-0.05, 0) is 37.6 Å². The van der Waals surface area contributed by atoms with Crippen molar-refractivity contribution in [2.45, 2.75) is 26.8 Å². The van der Waals surface area contributed by atoms with Crippen molar-refractivity contribution in [3.63, 3.8) is 0 Å². The fraction of sp³-hybridized carbons (Fsp3) is 0.350. The Kier molecular flexibility index (Phi) is 6.67. The summed E-state index contributed by atoms with van der Waals surface area (Å²) in [6.45, 7) is 6.06. The molecule has 0 aliphatic heterocycles. The molecule has 0 amide bonds. The summed E-state index contributed by atoms with van der Waals surface area (Å²) >= 11 is 0. The van der Waals surface area contributed by atoms with Gasteiger partial charge >= 0.3 is 0 Å². The van der Waals surface area contributed by atoms with Crippen molar-refractivity contribution in [3.8, 4) is 17.3 Å². The summed E-state index contributed by atoms with van der Waals surface area (Å²) in [5.74, 6) is 3.60. The van der Waals surface area contributed by atoms with Crippen LogP contribution in [0.25, 0.3) is 11.6 Å². The maximum absolute atomic E-state index is 5.45. The standard InChI is InChI=1S/C20H26N6O2/c1-4-21-20(23-13-15-8-7-14(2)12-17(15)27-3)22-10-9-18-24-19(26-25-18)16-6-5-11-28-16/h5-8,11-12H,4,9-10,13H2,1-3H3,(H2,21,22,23)(H,24,25,26). The topological polar surface area (TPSA) is 100 Å². The predicted molar refractivity (Wildman–Crippen MR) is 108 cm³/mol. The molecular weight excluding hydrogens is 356 g/mol. The highest BCUT2D eigenvalue weighted by molar-refractivity contribution is 5.79. The number of guanidine groups is 1. The van der Waals surface area contributed by atoms with Gasteiger partial charge in [-0.25, -0.2) is 9.98 Å². The van der Waals surface area contributed by atoms with Gasteiger partial charge in [0.1, 0.15) is 11.6 Å². The molecule has 0 aliphatic carbocycles. The number of methoxy groups -OCH3 is 1. The van der Waals surface area contributed by atoms with Crippen LogP contribution in [0.5, 0.6) is 5.75 Å². The number of rotatable bonds is 8. The highest BCUT2D eigenvalue weighted by atomic mass is 16.5. The van der Waals surface area contributed by atoms with Gasteiger partial charge in [0.15, 0.2) is 11.7 Å². The number of aromatic nitrogens is 3. The van der Waals surface area contributed by atoms with Crippen LogP contribution < -0.4 is 15.4 Å². The molecule has 0 fully saturated rings. The Bertz CT molecular complexity index is 901. The third kappa shape index (κ3) is 5.12. The smallest absolute Gasteiger partial charge is 0.216 e. The van der Waals surface area contributed by atoms with Crippen LogP contribution in [0.3, 0.4) is 0 Å². The maximum atomic E-state index is 5.45. The molecule has 148 valence electrons. The molecule has 2 heterocycles. The number of ether oxygens (including phenoxy) is 1. The van der Waals surface area contributed by atoms with Gasteiger partial charge in [0, 0.05) is 25.1 Å². The van der Waals surface area contributed by atoms with Gasteiger partial charge in [0.2, 0.25) is 5.82 Å². The second kappa shape index (κ2) is 9.59. The molecular formula is C20H26N6O2. The quantitative estimate of drug-likeness (QED) is 0.409. The van der Waals surface area contributed by atoms with E-state index >= 15 is 0 Å². The van der Waals surface area contributed by atoms with Gasteiger partial charge in [0.25, 0.3) is 0 Å². The number of H-pyrrole nitrogens is 1. The number of nitrogens with one attached hydrogen (secondary N) is 3. The van der Waals surface area contributed by atoms with E-state index in [0.717, 1.165) is 35.2 Å². The second-order valence-corrected chi connectivity index (χ2v) is 6.27. The Morgan fingerprint density at radius 2 is 2.18 bits per heavy atom. The zero-order chi connectivity index (χ0) is 19.8. The molecule has 0 saturated heterocycles. The number of nitrogens with zero attached hydrogens (tertiary/aromatic N) is 3. The molecule has 0 unspecified atom stereocenters. The number of benzene rings is 1. The first-order valence-corrected chi connectivity index (χ1v) is 9.30. The Morgan fingerprint density at radius 3 is 2.93 bits per heavy atom. The molecule has 0 atom stereocenters. The number of aryl methyl sites for hydroxylation is 1. The molecule has 1 aromatic carbocycles. The van der Waals surface area contributed by atoms with Crippen molar-refractivity contribution in [3.05, 3.63) is 53.5 Å². The van der Waals surface area contributed by atoms with E-state index in [1.54, 1.807) is 13.4 Å².